The van der Waals surface area contributed by atoms with Gasteiger partial charge in [0.15, 0.2) is 0 Å². The van der Waals surface area contributed by atoms with Crippen LogP contribution in [0.15, 0.2) is 33.9 Å². The summed E-state index contributed by atoms with van der Waals surface area (Å²) in [7, 11) is -1.14. The zero-order chi connectivity index (χ0) is 8.39. The van der Waals surface area contributed by atoms with Crippen molar-refractivity contribution >= 4 is 17.0 Å². The fraction of sp³-hybridized carbons (Fsp3) is 0. The molecular weight excluding hydrogens is 174 g/mol. The number of fused-ring (bicyclic) bond motifs is 1. The summed E-state index contributed by atoms with van der Waals surface area (Å²) in [5, 5.41) is 8.84. The predicted octanol–water partition coefficient (Wildman–Crippen LogP) is 0.488. The van der Waals surface area contributed by atoms with E-state index in [2.05, 4.69) is 15.2 Å². The van der Waals surface area contributed by atoms with Crippen molar-refractivity contribution in [1.29, 1.82) is 0 Å². The quantitative estimate of drug-likeness (QED) is 0.582. The predicted molar refractivity (Wildman–Crippen MR) is 45.2 cm³/mol. The summed E-state index contributed by atoms with van der Waals surface area (Å²) < 4.78 is 11.4. The van der Waals surface area contributed by atoms with Gasteiger partial charge >= 0.3 is 0 Å². The third kappa shape index (κ3) is 1.18. The Bertz CT molecular complexity index is 386. The number of hydrogen-bond acceptors (Lipinski definition) is 4. The molecule has 2 heterocycles. The smallest absolute Gasteiger partial charge is 0.0815 e. The van der Waals surface area contributed by atoms with Gasteiger partial charge in [0.05, 0.1) is 28.1 Å². The van der Waals surface area contributed by atoms with Crippen LogP contribution in [0.1, 0.15) is 5.56 Å². The molecule has 1 unspecified atom stereocenters. The molecule has 12 heavy (non-hydrogen) atoms. The van der Waals surface area contributed by atoms with Crippen molar-refractivity contribution < 1.29 is 4.21 Å². The lowest BCUT2D eigenvalue weighted by Crippen LogP contribution is -1.95. The normalized spacial score (nSPS) is 20.2. The van der Waals surface area contributed by atoms with Gasteiger partial charge in [-0.1, -0.05) is 0 Å². The molecule has 1 aliphatic heterocycles. The van der Waals surface area contributed by atoms with Crippen molar-refractivity contribution in [3.63, 3.8) is 0 Å². The van der Waals surface area contributed by atoms with E-state index < -0.39 is 10.8 Å². The second-order valence-corrected chi connectivity index (χ2v) is 3.48. The van der Waals surface area contributed by atoms with Crippen LogP contribution in [0, 0.1) is 0 Å². The van der Waals surface area contributed by atoms with Crippen molar-refractivity contribution in [3.8, 4) is 0 Å². The lowest BCUT2D eigenvalue weighted by atomic mass is 10.3. The van der Waals surface area contributed by atoms with Gasteiger partial charge in [0.1, 0.15) is 0 Å². The minimum absolute atomic E-state index is 0.655. The molecule has 4 nitrogen and oxygen atoms in total. The van der Waals surface area contributed by atoms with Crippen LogP contribution < -0.4 is 0 Å². The zero-order valence-electron chi connectivity index (χ0n) is 6.04. The van der Waals surface area contributed by atoms with Gasteiger partial charge in [-0.3, -0.25) is 4.99 Å². The lowest BCUT2D eigenvalue weighted by Gasteiger charge is -1.96. The van der Waals surface area contributed by atoms with Crippen LogP contribution in [0.25, 0.3) is 0 Å². The fourth-order valence-electron chi connectivity index (χ4n) is 0.872. The highest BCUT2D eigenvalue weighted by Gasteiger charge is 2.07. The molecule has 0 saturated carbocycles. The van der Waals surface area contributed by atoms with E-state index in [1.807, 2.05) is 0 Å². The van der Waals surface area contributed by atoms with Crippen LogP contribution in [-0.4, -0.2) is 20.6 Å². The molecule has 2 rings (SSSR count). The molecule has 0 fully saturated rings. The SMILES string of the molecule is O=S1C=CN=Cc2cnncc21. The largest absolute Gasteiger partial charge is 0.263 e. The standard InChI is InChI=1S/C7H5N3OS/c11-12-2-1-8-3-6-4-9-10-5-7(6)12/h1-5H. The highest BCUT2D eigenvalue weighted by Crippen LogP contribution is 2.12. The van der Waals surface area contributed by atoms with Gasteiger partial charge in [0.25, 0.3) is 0 Å². The Morgan fingerprint density at radius 1 is 1.25 bits per heavy atom. The second-order valence-electron chi connectivity index (χ2n) is 2.17. The summed E-state index contributed by atoms with van der Waals surface area (Å²) in [6.07, 6.45) is 6.17. The third-order valence-electron chi connectivity index (χ3n) is 1.42. The molecule has 0 amide bonds. The van der Waals surface area contributed by atoms with E-state index in [9.17, 15) is 4.21 Å². The van der Waals surface area contributed by atoms with E-state index in [1.54, 1.807) is 12.4 Å². The Labute approximate surface area is 71.5 Å². The number of aromatic nitrogens is 2. The highest BCUT2D eigenvalue weighted by molar-refractivity contribution is 7.88. The first-order valence-electron chi connectivity index (χ1n) is 3.29. The topological polar surface area (TPSA) is 55.2 Å². The highest BCUT2D eigenvalue weighted by atomic mass is 32.2. The molecule has 1 atom stereocenters. The summed E-state index contributed by atoms with van der Waals surface area (Å²) in [5.74, 6) is 0. The molecule has 5 heteroatoms. The van der Waals surface area contributed by atoms with Crippen LogP contribution in [0.2, 0.25) is 0 Å². The van der Waals surface area contributed by atoms with Gasteiger partial charge < -0.3 is 0 Å². The third-order valence-corrected chi connectivity index (χ3v) is 2.57. The van der Waals surface area contributed by atoms with E-state index in [4.69, 9.17) is 0 Å². The number of hydrogen-bond donors (Lipinski definition) is 0. The molecule has 60 valence electrons. The molecule has 0 radical (unpaired) electrons. The molecule has 1 aromatic heterocycles. The number of nitrogens with zero attached hydrogens (tertiary/aromatic N) is 3. The van der Waals surface area contributed by atoms with Gasteiger partial charge in [0, 0.05) is 23.4 Å². The van der Waals surface area contributed by atoms with Crippen LogP contribution in [0.3, 0.4) is 0 Å². The molecule has 1 aliphatic rings. The maximum absolute atomic E-state index is 11.4. The van der Waals surface area contributed by atoms with Crippen LogP contribution >= 0.6 is 0 Å². The summed E-state index contributed by atoms with van der Waals surface area (Å²) in [6, 6.07) is 0. The second kappa shape index (κ2) is 2.94. The summed E-state index contributed by atoms with van der Waals surface area (Å²) in [4.78, 5) is 4.55. The molecular formula is C7H5N3OS. The first kappa shape index (κ1) is 7.30. The zero-order valence-corrected chi connectivity index (χ0v) is 6.86. The Morgan fingerprint density at radius 3 is 3.00 bits per heavy atom. The van der Waals surface area contributed by atoms with E-state index in [0.717, 1.165) is 5.56 Å². The molecule has 0 aliphatic carbocycles. The van der Waals surface area contributed by atoms with Crippen molar-refractivity contribution in [2.75, 3.05) is 0 Å². The molecule has 0 aromatic carbocycles. The Kier molecular flexibility index (Phi) is 1.79. The van der Waals surface area contributed by atoms with Crippen LogP contribution in [0.5, 0.6) is 0 Å². The number of aliphatic imine (C=N–C) groups is 1. The van der Waals surface area contributed by atoms with E-state index in [0.29, 0.717) is 4.90 Å². The molecule has 0 saturated heterocycles. The minimum atomic E-state index is -1.14. The van der Waals surface area contributed by atoms with Crippen molar-refractivity contribution in [2.24, 2.45) is 4.99 Å². The molecule has 0 bridgehead atoms. The fourth-order valence-corrected chi connectivity index (χ4v) is 1.69. The van der Waals surface area contributed by atoms with Crippen molar-refractivity contribution in [2.45, 2.75) is 4.90 Å². The minimum Gasteiger partial charge on any atom is -0.263 e. The first-order chi connectivity index (χ1) is 5.88. The van der Waals surface area contributed by atoms with Gasteiger partial charge in [-0.2, -0.15) is 10.2 Å². The van der Waals surface area contributed by atoms with Gasteiger partial charge in [-0.05, 0) is 0 Å². The number of rotatable bonds is 0. The average molecular weight is 179 g/mol. The maximum atomic E-state index is 11.4. The lowest BCUT2D eigenvalue weighted by molar-refractivity contribution is 0.687. The molecule has 0 spiro atoms. The Balaban J connectivity index is 2.64. The van der Waals surface area contributed by atoms with Crippen LogP contribution in [0.4, 0.5) is 0 Å². The van der Waals surface area contributed by atoms with E-state index in [-0.39, 0.29) is 0 Å². The van der Waals surface area contributed by atoms with Crippen LogP contribution in [-0.2, 0) is 10.8 Å². The maximum Gasteiger partial charge on any atom is 0.0815 e. The summed E-state index contributed by atoms with van der Waals surface area (Å²) >= 11 is 0. The molecule has 1 aromatic rings. The van der Waals surface area contributed by atoms with Gasteiger partial charge in [-0.25, -0.2) is 4.21 Å². The van der Waals surface area contributed by atoms with E-state index >= 15 is 0 Å². The van der Waals surface area contributed by atoms with Crippen molar-refractivity contribution in [1.82, 2.24) is 10.2 Å². The first-order valence-corrected chi connectivity index (χ1v) is 4.50. The Morgan fingerprint density at radius 2 is 2.08 bits per heavy atom. The molecule has 0 N–H and O–H groups in total. The Hall–Kier alpha value is -1.36. The van der Waals surface area contributed by atoms with E-state index in [1.165, 1.54) is 17.8 Å². The summed E-state index contributed by atoms with van der Waals surface area (Å²) in [6.45, 7) is 0. The summed E-state index contributed by atoms with van der Waals surface area (Å²) in [5.41, 5.74) is 0.758. The van der Waals surface area contributed by atoms with Gasteiger partial charge in [-0.15, -0.1) is 0 Å². The average Bonchev–Trinajstić information content (AvgIpc) is 2.29. The van der Waals surface area contributed by atoms with Gasteiger partial charge in [0.2, 0.25) is 0 Å². The van der Waals surface area contributed by atoms with Crippen molar-refractivity contribution in [3.05, 3.63) is 29.6 Å². The monoisotopic (exact) mass is 179 g/mol.